The van der Waals surface area contributed by atoms with Crippen molar-refractivity contribution in [3.8, 4) is 23.0 Å². The van der Waals surface area contributed by atoms with E-state index in [-0.39, 0.29) is 11.5 Å². The van der Waals surface area contributed by atoms with Crippen LogP contribution in [0.25, 0.3) is 0 Å². The van der Waals surface area contributed by atoms with Gasteiger partial charge in [-0.3, -0.25) is 0 Å². The lowest BCUT2D eigenvalue weighted by atomic mass is 10.2. The van der Waals surface area contributed by atoms with Crippen molar-refractivity contribution in [1.29, 1.82) is 0 Å². The van der Waals surface area contributed by atoms with Gasteiger partial charge in [0.1, 0.15) is 5.82 Å². The second-order valence-corrected chi connectivity index (χ2v) is 3.61. The summed E-state index contributed by atoms with van der Waals surface area (Å²) < 4.78 is 62.7. The molecule has 0 saturated carbocycles. The van der Waals surface area contributed by atoms with Crippen molar-refractivity contribution >= 4 is 0 Å². The molecule has 0 amide bonds. The molecular weight excluding hydrogens is 252 g/mol. The van der Waals surface area contributed by atoms with Crippen LogP contribution in [0.4, 0.5) is 17.6 Å². The molecule has 0 N–H and O–H groups in total. The number of hydrogen-bond donors (Lipinski definition) is 0. The van der Waals surface area contributed by atoms with Crippen molar-refractivity contribution in [2.24, 2.45) is 0 Å². The van der Waals surface area contributed by atoms with E-state index in [2.05, 4.69) is 0 Å². The van der Waals surface area contributed by atoms with Crippen LogP contribution in [-0.4, -0.2) is 0 Å². The first-order valence-corrected chi connectivity index (χ1v) is 4.89. The van der Waals surface area contributed by atoms with Crippen molar-refractivity contribution < 1.29 is 27.0 Å². The van der Waals surface area contributed by atoms with E-state index in [1.807, 2.05) is 0 Å². The van der Waals surface area contributed by atoms with Gasteiger partial charge in [0, 0.05) is 12.1 Å². The maximum atomic E-state index is 13.4. The molecular formula is C12H4F4O2. The van der Waals surface area contributed by atoms with Crippen LogP contribution in [-0.2, 0) is 0 Å². The van der Waals surface area contributed by atoms with E-state index in [4.69, 9.17) is 9.47 Å². The van der Waals surface area contributed by atoms with Crippen LogP contribution in [0, 0.1) is 23.3 Å². The van der Waals surface area contributed by atoms with Crippen molar-refractivity contribution in [3.05, 3.63) is 47.5 Å². The molecule has 0 atom stereocenters. The molecule has 0 aromatic heterocycles. The Morgan fingerprint density at radius 1 is 0.722 bits per heavy atom. The van der Waals surface area contributed by atoms with Gasteiger partial charge >= 0.3 is 0 Å². The summed E-state index contributed by atoms with van der Waals surface area (Å²) in [6.45, 7) is 0. The van der Waals surface area contributed by atoms with Gasteiger partial charge in [0.25, 0.3) is 0 Å². The third kappa shape index (κ3) is 1.49. The highest BCUT2D eigenvalue weighted by Gasteiger charge is 2.28. The zero-order valence-electron chi connectivity index (χ0n) is 8.64. The highest BCUT2D eigenvalue weighted by atomic mass is 19.2. The lowest BCUT2D eigenvalue weighted by Gasteiger charge is -2.21. The number of ether oxygens (including phenoxy) is 2. The lowest BCUT2D eigenvalue weighted by Crippen LogP contribution is -2.05. The smallest absolute Gasteiger partial charge is 0.211 e. The fourth-order valence-electron chi connectivity index (χ4n) is 1.61. The van der Waals surface area contributed by atoms with E-state index in [1.54, 1.807) is 0 Å². The molecule has 0 aliphatic carbocycles. The molecule has 0 fully saturated rings. The van der Waals surface area contributed by atoms with Gasteiger partial charge in [0.05, 0.1) is 0 Å². The van der Waals surface area contributed by atoms with Gasteiger partial charge < -0.3 is 9.47 Å². The van der Waals surface area contributed by atoms with Crippen LogP contribution in [0.5, 0.6) is 23.0 Å². The Morgan fingerprint density at radius 3 is 2.22 bits per heavy atom. The second-order valence-electron chi connectivity index (χ2n) is 3.61. The van der Waals surface area contributed by atoms with E-state index in [1.165, 1.54) is 6.07 Å². The van der Waals surface area contributed by atoms with E-state index in [9.17, 15) is 17.6 Å². The summed E-state index contributed by atoms with van der Waals surface area (Å²) in [6, 6.07) is 3.56. The van der Waals surface area contributed by atoms with Gasteiger partial charge in [-0.25, -0.2) is 13.2 Å². The SMILES string of the molecule is Fc1ccc2c(c1)Oc1c(F)c(F)cc(F)c1O2. The molecule has 0 spiro atoms. The van der Waals surface area contributed by atoms with Gasteiger partial charge in [-0.2, -0.15) is 4.39 Å². The second kappa shape index (κ2) is 3.63. The van der Waals surface area contributed by atoms with Crippen LogP contribution in [0.2, 0.25) is 0 Å². The first-order valence-electron chi connectivity index (χ1n) is 4.89. The van der Waals surface area contributed by atoms with Gasteiger partial charge in [-0.1, -0.05) is 0 Å². The highest BCUT2D eigenvalue weighted by Crippen LogP contribution is 2.48. The molecule has 0 bridgehead atoms. The summed E-state index contributed by atoms with van der Waals surface area (Å²) in [5.41, 5.74) is 0. The minimum Gasteiger partial charge on any atom is -0.446 e. The third-order valence-corrected chi connectivity index (χ3v) is 2.42. The number of fused-ring (bicyclic) bond motifs is 2. The van der Waals surface area contributed by atoms with Gasteiger partial charge in [0.2, 0.25) is 17.3 Å². The van der Waals surface area contributed by atoms with Gasteiger partial charge in [-0.15, -0.1) is 0 Å². The zero-order valence-corrected chi connectivity index (χ0v) is 8.64. The predicted octanol–water partition coefficient (Wildman–Crippen LogP) is 4.14. The molecule has 3 rings (SSSR count). The van der Waals surface area contributed by atoms with Crippen molar-refractivity contribution in [3.63, 3.8) is 0 Å². The van der Waals surface area contributed by atoms with Gasteiger partial charge in [0.15, 0.2) is 23.1 Å². The van der Waals surface area contributed by atoms with Crippen molar-refractivity contribution in [1.82, 2.24) is 0 Å². The average Bonchev–Trinajstić information content (AvgIpc) is 2.34. The van der Waals surface area contributed by atoms with Crippen molar-refractivity contribution in [2.75, 3.05) is 0 Å². The predicted molar refractivity (Wildman–Crippen MR) is 52.9 cm³/mol. The van der Waals surface area contributed by atoms with E-state index in [0.717, 1.165) is 12.1 Å². The average molecular weight is 256 g/mol. The summed E-state index contributed by atoms with van der Waals surface area (Å²) in [5, 5.41) is 0. The summed E-state index contributed by atoms with van der Waals surface area (Å²) in [4.78, 5) is 0. The summed E-state index contributed by atoms with van der Waals surface area (Å²) in [5.74, 6) is -5.95. The number of halogens is 4. The van der Waals surface area contributed by atoms with Crippen LogP contribution in [0.1, 0.15) is 0 Å². The molecule has 1 aliphatic rings. The Labute approximate surface area is 98.4 Å². The van der Waals surface area contributed by atoms with Crippen LogP contribution >= 0.6 is 0 Å². The summed E-state index contributed by atoms with van der Waals surface area (Å²) in [6.07, 6.45) is 0. The topological polar surface area (TPSA) is 18.5 Å². The molecule has 2 aromatic rings. The Bertz CT molecular complexity index is 655. The maximum Gasteiger partial charge on any atom is 0.211 e. The molecule has 18 heavy (non-hydrogen) atoms. The molecule has 1 aliphatic heterocycles. The molecule has 1 heterocycles. The van der Waals surface area contributed by atoms with Crippen LogP contribution in [0.15, 0.2) is 24.3 Å². The third-order valence-electron chi connectivity index (χ3n) is 2.42. The number of benzene rings is 2. The normalized spacial score (nSPS) is 12.2. The zero-order chi connectivity index (χ0) is 12.9. The number of rotatable bonds is 0. The molecule has 0 saturated heterocycles. The standard InChI is InChI=1S/C12H4F4O2/c13-5-1-2-8-9(3-5)18-12-10(16)6(14)4-7(15)11(12)17-8/h1-4H. The molecule has 0 radical (unpaired) electrons. The van der Waals surface area contributed by atoms with Crippen LogP contribution in [0.3, 0.4) is 0 Å². The molecule has 2 nitrogen and oxygen atoms in total. The first kappa shape index (κ1) is 10.9. The molecule has 6 heteroatoms. The molecule has 2 aromatic carbocycles. The minimum atomic E-state index is -1.41. The molecule has 0 unspecified atom stereocenters. The minimum absolute atomic E-state index is 0.0220. The Morgan fingerprint density at radius 2 is 1.44 bits per heavy atom. The fourth-order valence-corrected chi connectivity index (χ4v) is 1.61. The monoisotopic (exact) mass is 256 g/mol. The quantitative estimate of drug-likeness (QED) is 0.444. The van der Waals surface area contributed by atoms with E-state index < -0.39 is 34.8 Å². The molecule has 92 valence electrons. The highest BCUT2D eigenvalue weighted by molar-refractivity contribution is 5.55. The van der Waals surface area contributed by atoms with E-state index >= 15 is 0 Å². The largest absolute Gasteiger partial charge is 0.446 e. The fraction of sp³-hybridized carbons (Fsp3) is 0. The van der Waals surface area contributed by atoms with Crippen molar-refractivity contribution in [2.45, 2.75) is 0 Å². The van der Waals surface area contributed by atoms with Crippen LogP contribution < -0.4 is 9.47 Å². The van der Waals surface area contributed by atoms with E-state index in [0.29, 0.717) is 6.07 Å². The van der Waals surface area contributed by atoms with Gasteiger partial charge in [-0.05, 0) is 12.1 Å². The summed E-state index contributed by atoms with van der Waals surface area (Å²) in [7, 11) is 0. The number of hydrogen-bond acceptors (Lipinski definition) is 2. The Kier molecular flexibility index (Phi) is 2.19. The Hall–Kier alpha value is -2.24. The first-order chi connectivity index (χ1) is 8.56. The maximum absolute atomic E-state index is 13.4. The Balaban J connectivity index is 2.19. The summed E-state index contributed by atoms with van der Waals surface area (Å²) >= 11 is 0. The lowest BCUT2D eigenvalue weighted by molar-refractivity contribution is 0.315.